The maximum Gasteiger partial charge on any atom is 0.433 e. The van der Waals surface area contributed by atoms with Crippen LogP contribution in [-0.4, -0.2) is 29.1 Å². The van der Waals surface area contributed by atoms with E-state index in [1.165, 1.54) is 11.8 Å². The second-order valence-corrected chi connectivity index (χ2v) is 6.63. The van der Waals surface area contributed by atoms with Crippen molar-refractivity contribution in [1.82, 2.24) is 9.55 Å². The number of alkyl halides is 3. The van der Waals surface area contributed by atoms with Gasteiger partial charge in [-0.2, -0.15) is 18.4 Å². The lowest BCUT2D eigenvalue weighted by molar-refractivity contribution is -0.141. The number of halogens is 3. The van der Waals surface area contributed by atoms with E-state index in [4.69, 9.17) is 0 Å². The van der Waals surface area contributed by atoms with Crippen LogP contribution >= 0.6 is 0 Å². The van der Waals surface area contributed by atoms with Crippen LogP contribution in [-0.2, 0) is 18.0 Å². The van der Waals surface area contributed by atoms with E-state index in [0.29, 0.717) is 5.69 Å². The molecule has 0 spiro atoms. The lowest BCUT2D eigenvalue weighted by Crippen LogP contribution is -2.32. The molecule has 0 atom stereocenters. The van der Waals surface area contributed by atoms with Crippen molar-refractivity contribution >= 4 is 28.3 Å². The van der Waals surface area contributed by atoms with Gasteiger partial charge in [-0.1, -0.05) is 0 Å². The van der Waals surface area contributed by atoms with Gasteiger partial charge in [-0.25, -0.2) is 4.98 Å². The Morgan fingerprint density at radius 3 is 2.69 bits per heavy atom. The van der Waals surface area contributed by atoms with Crippen LogP contribution < -0.4 is 10.2 Å². The topological polar surface area (TPSA) is 74.0 Å². The van der Waals surface area contributed by atoms with Crippen molar-refractivity contribution in [1.29, 1.82) is 5.26 Å². The summed E-state index contributed by atoms with van der Waals surface area (Å²) in [5.41, 5.74) is 0.637. The molecule has 0 fully saturated rings. The van der Waals surface area contributed by atoms with Crippen LogP contribution in [0.3, 0.4) is 0 Å². The van der Waals surface area contributed by atoms with Crippen molar-refractivity contribution in [3.63, 3.8) is 0 Å². The van der Waals surface area contributed by atoms with Crippen LogP contribution in [0.5, 0.6) is 0 Å². The third kappa shape index (κ3) is 4.01. The number of fused-ring (bicyclic) bond motifs is 1. The van der Waals surface area contributed by atoms with Crippen LogP contribution in [0, 0.1) is 18.3 Å². The number of carbonyl (C=O) groups excluding carboxylic acids is 1. The number of hydrogen-bond acceptors (Lipinski definition) is 4. The molecule has 0 aliphatic carbocycles. The van der Waals surface area contributed by atoms with Gasteiger partial charge in [0.2, 0.25) is 5.91 Å². The average Bonchev–Trinajstić information content (AvgIpc) is 3.04. The van der Waals surface area contributed by atoms with Gasteiger partial charge in [0.1, 0.15) is 17.6 Å². The van der Waals surface area contributed by atoms with Gasteiger partial charge < -0.3 is 14.8 Å². The summed E-state index contributed by atoms with van der Waals surface area (Å²) >= 11 is 0. The van der Waals surface area contributed by atoms with E-state index in [0.717, 1.165) is 17.0 Å². The Hall–Kier alpha value is -3.54. The number of nitriles is 1. The lowest BCUT2D eigenvalue weighted by Gasteiger charge is -2.19. The first-order valence-corrected chi connectivity index (χ1v) is 8.66. The summed E-state index contributed by atoms with van der Waals surface area (Å²) in [6.07, 6.45) is -2.75. The Kier molecular flexibility index (Phi) is 5.20. The Balaban J connectivity index is 1.80. The number of amides is 1. The largest absolute Gasteiger partial charge is 0.433 e. The lowest BCUT2D eigenvalue weighted by atomic mass is 10.1. The third-order valence-electron chi connectivity index (χ3n) is 4.66. The van der Waals surface area contributed by atoms with E-state index in [1.807, 2.05) is 42.1 Å². The van der Waals surface area contributed by atoms with Gasteiger partial charge in [0.15, 0.2) is 0 Å². The molecule has 0 bridgehead atoms. The maximum absolute atomic E-state index is 13.0. The maximum atomic E-state index is 13.0. The zero-order valence-corrected chi connectivity index (χ0v) is 16.0. The van der Waals surface area contributed by atoms with Gasteiger partial charge in [0, 0.05) is 36.9 Å². The van der Waals surface area contributed by atoms with Crippen molar-refractivity contribution in [2.24, 2.45) is 7.05 Å². The number of nitrogens with zero attached hydrogens (tertiary/aromatic N) is 4. The molecule has 9 heteroatoms. The molecule has 150 valence electrons. The van der Waals surface area contributed by atoms with E-state index in [1.54, 1.807) is 13.1 Å². The number of benzene rings is 1. The van der Waals surface area contributed by atoms with Crippen LogP contribution in [0.15, 0.2) is 36.5 Å². The summed E-state index contributed by atoms with van der Waals surface area (Å²) in [4.78, 5) is 17.4. The highest BCUT2D eigenvalue weighted by Gasteiger charge is 2.34. The number of carbonyl (C=O) groups is 1. The summed E-state index contributed by atoms with van der Waals surface area (Å²) < 4.78 is 41.0. The minimum atomic E-state index is -4.65. The Morgan fingerprint density at radius 1 is 1.31 bits per heavy atom. The number of nitrogens with one attached hydrogen (secondary N) is 1. The van der Waals surface area contributed by atoms with Crippen molar-refractivity contribution in [3.8, 4) is 6.07 Å². The van der Waals surface area contributed by atoms with Crippen LogP contribution in [0.4, 0.5) is 24.7 Å². The fourth-order valence-electron chi connectivity index (χ4n) is 2.99. The SMILES string of the molecule is Cc1cc(C(F)(F)F)nc(NCC(=O)N(C)c2ccc3c(ccn3C)c2)c1C#N. The smallest absolute Gasteiger partial charge is 0.360 e. The van der Waals surface area contributed by atoms with Gasteiger partial charge in [0.05, 0.1) is 12.1 Å². The zero-order chi connectivity index (χ0) is 21.3. The highest BCUT2D eigenvalue weighted by molar-refractivity contribution is 5.97. The molecule has 0 radical (unpaired) electrons. The van der Waals surface area contributed by atoms with Crippen LogP contribution in [0.1, 0.15) is 16.8 Å². The number of hydrogen-bond donors (Lipinski definition) is 1. The van der Waals surface area contributed by atoms with E-state index in [9.17, 15) is 23.2 Å². The van der Waals surface area contributed by atoms with Crippen molar-refractivity contribution < 1.29 is 18.0 Å². The minimum Gasteiger partial charge on any atom is -0.360 e. The second-order valence-electron chi connectivity index (χ2n) is 6.63. The Bertz CT molecular complexity index is 1130. The molecule has 3 aromatic rings. The molecule has 2 aromatic heterocycles. The summed E-state index contributed by atoms with van der Waals surface area (Å²) in [5.74, 6) is -0.652. The van der Waals surface area contributed by atoms with Gasteiger partial charge in [-0.3, -0.25) is 4.79 Å². The Morgan fingerprint density at radius 2 is 2.03 bits per heavy atom. The monoisotopic (exact) mass is 401 g/mol. The number of aryl methyl sites for hydroxylation is 2. The molecule has 0 unspecified atom stereocenters. The average molecular weight is 401 g/mol. The first-order chi connectivity index (χ1) is 13.6. The van der Waals surface area contributed by atoms with E-state index < -0.39 is 11.9 Å². The van der Waals surface area contributed by atoms with Crippen molar-refractivity contribution in [3.05, 3.63) is 53.3 Å². The molecular weight excluding hydrogens is 383 g/mol. The highest BCUT2D eigenvalue weighted by Crippen LogP contribution is 2.31. The third-order valence-corrected chi connectivity index (χ3v) is 4.66. The van der Waals surface area contributed by atoms with Crippen molar-refractivity contribution in [2.75, 3.05) is 23.8 Å². The highest BCUT2D eigenvalue weighted by atomic mass is 19.4. The number of anilines is 2. The molecule has 0 aliphatic rings. The summed E-state index contributed by atoms with van der Waals surface area (Å²) in [6, 6.07) is 10.1. The quantitative estimate of drug-likeness (QED) is 0.721. The predicted octanol–water partition coefficient (Wildman–Crippen LogP) is 3.85. The molecule has 29 heavy (non-hydrogen) atoms. The molecule has 6 nitrogen and oxygen atoms in total. The van der Waals surface area contributed by atoms with Crippen molar-refractivity contribution in [2.45, 2.75) is 13.1 Å². The Labute approximate surface area is 165 Å². The predicted molar refractivity (Wildman–Crippen MR) is 104 cm³/mol. The van der Waals surface area contributed by atoms with Gasteiger partial charge in [-0.05, 0) is 42.8 Å². The van der Waals surface area contributed by atoms with Crippen LogP contribution in [0.2, 0.25) is 0 Å². The van der Waals surface area contributed by atoms with Crippen LogP contribution in [0.25, 0.3) is 10.9 Å². The molecule has 1 amide bonds. The molecular formula is C20H18F3N5O. The number of pyridine rings is 1. The normalized spacial score (nSPS) is 11.3. The molecule has 3 rings (SSSR count). The second kappa shape index (κ2) is 7.47. The summed E-state index contributed by atoms with van der Waals surface area (Å²) in [6.45, 7) is 1.08. The molecule has 2 heterocycles. The van der Waals surface area contributed by atoms with Gasteiger partial charge in [0.25, 0.3) is 0 Å². The van der Waals surface area contributed by atoms with E-state index >= 15 is 0 Å². The fraction of sp³-hybridized carbons (Fsp3) is 0.250. The number of aromatic nitrogens is 2. The standard InChI is InChI=1S/C20H18F3N5O/c1-12-8-17(20(21,22)23)26-19(15(12)10-24)25-11-18(29)28(3)14-4-5-16-13(9-14)6-7-27(16)2/h4-9H,11H2,1-3H3,(H,25,26). The van der Waals surface area contributed by atoms with Gasteiger partial charge >= 0.3 is 6.18 Å². The molecule has 0 saturated heterocycles. The molecule has 1 N–H and O–H groups in total. The molecule has 1 aromatic carbocycles. The number of rotatable bonds is 4. The van der Waals surface area contributed by atoms with E-state index in [2.05, 4.69) is 10.3 Å². The van der Waals surface area contributed by atoms with E-state index in [-0.39, 0.29) is 29.4 Å². The fourth-order valence-corrected chi connectivity index (χ4v) is 2.99. The number of likely N-dealkylation sites (N-methyl/N-ethyl adjacent to an activating group) is 1. The first-order valence-electron chi connectivity index (χ1n) is 8.66. The minimum absolute atomic E-state index is 0.0286. The van der Waals surface area contributed by atoms with Gasteiger partial charge in [-0.15, -0.1) is 0 Å². The zero-order valence-electron chi connectivity index (χ0n) is 16.0. The molecule has 0 aliphatic heterocycles. The first kappa shape index (κ1) is 20.2. The molecule has 0 saturated carbocycles. The summed E-state index contributed by atoms with van der Waals surface area (Å²) in [5, 5.41) is 12.8. The summed E-state index contributed by atoms with van der Waals surface area (Å²) in [7, 11) is 3.49.